The Morgan fingerprint density at radius 3 is 2.67 bits per heavy atom. The molecule has 0 spiro atoms. The number of carboxylic acid groups (broad SMARTS) is 1. The molecular weight excluding hydrogens is 606 g/mol. The van der Waals surface area contributed by atoms with E-state index in [2.05, 4.69) is 10.2 Å². The number of carbonyl (C=O) groups is 1. The highest BCUT2D eigenvalue weighted by Gasteiger charge is 2.57. The fraction of sp³-hybridized carbons (Fsp3) is 0.394. The molecule has 4 atom stereocenters. The molecule has 12 heteroatoms. The Balaban J connectivity index is 1.29. The third-order valence-electron chi connectivity index (χ3n) is 9.73. The van der Waals surface area contributed by atoms with Gasteiger partial charge >= 0.3 is 5.97 Å². The molecule has 3 aliphatic heterocycles. The summed E-state index contributed by atoms with van der Waals surface area (Å²) < 4.78 is 50.8. The van der Waals surface area contributed by atoms with E-state index in [-0.39, 0.29) is 23.2 Å². The van der Waals surface area contributed by atoms with Crippen molar-refractivity contribution in [3.05, 3.63) is 76.1 Å². The molecule has 2 saturated heterocycles. The molecule has 0 radical (unpaired) electrons. The lowest BCUT2D eigenvalue weighted by Gasteiger charge is -2.60. The second-order valence-electron chi connectivity index (χ2n) is 12.2. The Bertz CT molecular complexity index is 1860. The van der Waals surface area contributed by atoms with Gasteiger partial charge in [0.25, 0.3) is 0 Å². The Kier molecular flexibility index (Phi) is 6.79. The van der Waals surface area contributed by atoms with Crippen LogP contribution in [-0.2, 0) is 23.4 Å². The van der Waals surface area contributed by atoms with Crippen LogP contribution in [0.3, 0.4) is 0 Å². The van der Waals surface area contributed by atoms with Crippen LogP contribution < -0.4 is 14.8 Å². The van der Waals surface area contributed by atoms with Gasteiger partial charge in [-0.05, 0) is 67.3 Å². The lowest BCUT2D eigenvalue weighted by atomic mass is 9.63. The maximum atomic E-state index is 15.6. The molecule has 3 aromatic carbocycles. The van der Waals surface area contributed by atoms with Crippen molar-refractivity contribution < 1.29 is 32.9 Å². The normalized spacial score (nSPS) is 25.6. The van der Waals surface area contributed by atoms with Gasteiger partial charge in [0.1, 0.15) is 17.2 Å². The van der Waals surface area contributed by atoms with Gasteiger partial charge in [-0.25, -0.2) is 18.6 Å². The topological polar surface area (TPSA) is 98.1 Å². The van der Waals surface area contributed by atoms with Gasteiger partial charge in [-0.15, -0.1) is 0 Å². The van der Waals surface area contributed by atoms with Crippen LogP contribution in [0.2, 0.25) is 5.02 Å². The summed E-state index contributed by atoms with van der Waals surface area (Å²) in [6.07, 6.45) is 1.91. The zero-order valence-electron chi connectivity index (χ0n) is 24.5. The summed E-state index contributed by atoms with van der Waals surface area (Å²) in [5.41, 5.74) is 1.70. The summed E-state index contributed by atoms with van der Waals surface area (Å²) in [6, 6.07) is 10.9. The summed E-state index contributed by atoms with van der Waals surface area (Å²) in [4.78, 5) is 18.9. The maximum absolute atomic E-state index is 15.6. The average Bonchev–Trinajstić information content (AvgIpc) is 3.51. The van der Waals surface area contributed by atoms with E-state index < -0.39 is 29.4 Å². The molecule has 4 aromatic rings. The zero-order valence-corrected chi connectivity index (χ0v) is 25.2. The van der Waals surface area contributed by atoms with Crippen molar-refractivity contribution in [2.75, 3.05) is 19.7 Å². The predicted octanol–water partition coefficient (Wildman–Crippen LogP) is 5.70. The number of nitrogens with zero attached hydrogens (tertiary/aromatic N) is 3. The van der Waals surface area contributed by atoms with Crippen LogP contribution in [0.25, 0.3) is 22.2 Å². The second kappa shape index (κ2) is 10.7. The van der Waals surface area contributed by atoms with Gasteiger partial charge in [-0.2, -0.15) is 0 Å². The predicted molar refractivity (Wildman–Crippen MR) is 162 cm³/mol. The number of imidazole rings is 1. The Morgan fingerprint density at radius 2 is 1.96 bits per heavy atom. The first-order valence-corrected chi connectivity index (χ1v) is 15.6. The minimum Gasteiger partial charge on any atom is -0.478 e. The van der Waals surface area contributed by atoms with E-state index in [1.165, 1.54) is 12.1 Å². The number of aromatic nitrogens is 2. The first kappa shape index (κ1) is 28.7. The SMILES string of the molecule is C[C@@H]1Oc2ccc(-c3ccc(Cl)cc3F)c(C34CCC3NCCN4Cc3nc4c(F)cc(C(=O)O)cc4n3C[C@@H]3CCO3)c2O1. The van der Waals surface area contributed by atoms with E-state index >= 15 is 8.78 Å². The number of carboxylic acids is 1. The molecule has 4 heterocycles. The van der Waals surface area contributed by atoms with Gasteiger partial charge in [-0.1, -0.05) is 11.6 Å². The highest BCUT2D eigenvalue weighted by molar-refractivity contribution is 6.30. The van der Waals surface area contributed by atoms with Gasteiger partial charge in [0.05, 0.1) is 35.8 Å². The highest BCUT2D eigenvalue weighted by Crippen LogP contribution is 2.58. The number of fused-ring (bicyclic) bond motifs is 3. The lowest BCUT2D eigenvalue weighted by molar-refractivity contribution is -0.0667. The van der Waals surface area contributed by atoms with Crippen molar-refractivity contribution in [1.29, 1.82) is 0 Å². The summed E-state index contributed by atoms with van der Waals surface area (Å²) in [5.74, 6) is -0.548. The second-order valence-corrected chi connectivity index (χ2v) is 12.6. The van der Waals surface area contributed by atoms with E-state index in [0.717, 1.165) is 30.9 Å². The fourth-order valence-electron chi connectivity index (χ4n) is 7.45. The number of aromatic carboxylic acids is 1. The third kappa shape index (κ3) is 4.51. The van der Waals surface area contributed by atoms with E-state index in [0.29, 0.717) is 71.8 Å². The third-order valence-corrected chi connectivity index (χ3v) is 9.96. The van der Waals surface area contributed by atoms with Crippen LogP contribution in [0, 0.1) is 11.6 Å². The standard InChI is InChI=1S/C33H31ClF2N4O5/c1-17-44-26-5-4-22(21-3-2-19(34)14-23(21)35)29(31(26)45-17)33-8-6-27(33)37-9-10-39(33)16-28-38-30-24(36)12-18(32(41)42)13-25(30)40(28)15-20-7-11-43-20/h2-5,12-14,17,20,27,37H,6-11,15-16H2,1H3,(H,41,42)/t17-,20+,27?,33?/m1/s1. The Morgan fingerprint density at radius 1 is 1.13 bits per heavy atom. The number of halogens is 3. The first-order chi connectivity index (χ1) is 21.7. The van der Waals surface area contributed by atoms with Gasteiger partial charge < -0.3 is 29.2 Å². The molecule has 45 heavy (non-hydrogen) atoms. The molecule has 234 valence electrons. The van der Waals surface area contributed by atoms with Crippen molar-refractivity contribution in [2.45, 2.75) is 63.3 Å². The first-order valence-electron chi connectivity index (χ1n) is 15.2. The Labute approximate surface area is 262 Å². The highest BCUT2D eigenvalue weighted by atomic mass is 35.5. The van der Waals surface area contributed by atoms with Crippen molar-refractivity contribution in [2.24, 2.45) is 0 Å². The quantitative estimate of drug-likeness (QED) is 0.267. The molecule has 1 saturated carbocycles. The minimum atomic E-state index is -1.21. The molecule has 2 unspecified atom stereocenters. The minimum absolute atomic E-state index is 0.0227. The molecule has 0 amide bonds. The lowest BCUT2D eigenvalue weighted by Crippen LogP contribution is -2.70. The molecule has 2 N–H and O–H groups in total. The monoisotopic (exact) mass is 636 g/mol. The fourth-order valence-corrected chi connectivity index (χ4v) is 7.61. The smallest absolute Gasteiger partial charge is 0.335 e. The van der Waals surface area contributed by atoms with E-state index in [9.17, 15) is 9.90 Å². The van der Waals surface area contributed by atoms with Crippen molar-refractivity contribution >= 4 is 28.6 Å². The number of nitrogens with one attached hydrogen (secondary N) is 1. The van der Waals surface area contributed by atoms with E-state index in [4.69, 9.17) is 30.8 Å². The molecule has 3 fully saturated rings. The molecule has 1 aromatic heterocycles. The van der Waals surface area contributed by atoms with Crippen molar-refractivity contribution in [3.63, 3.8) is 0 Å². The van der Waals surface area contributed by atoms with Crippen LogP contribution in [0.1, 0.15) is 47.9 Å². The number of rotatable bonds is 7. The molecule has 0 bridgehead atoms. The molecule has 8 rings (SSSR count). The van der Waals surface area contributed by atoms with Crippen LogP contribution in [-0.4, -0.2) is 63.7 Å². The van der Waals surface area contributed by atoms with E-state index in [1.807, 2.05) is 23.6 Å². The summed E-state index contributed by atoms with van der Waals surface area (Å²) >= 11 is 6.14. The zero-order chi connectivity index (χ0) is 31.0. The van der Waals surface area contributed by atoms with Crippen LogP contribution in [0.5, 0.6) is 11.5 Å². The summed E-state index contributed by atoms with van der Waals surface area (Å²) in [5, 5.41) is 13.6. The van der Waals surface area contributed by atoms with Crippen molar-refractivity contribution in [3.8, 4) is 22.6 Å². The van der Waals surface area contributed by atoms with Crippen LogP contribution in [0.15, 0.2) is 42.5 Å². The number of benzene rings is 3. The Hall–Kier alpha value is -3.77. The number of ether oxygens (including phenoxy) is 3. The van der Waals surface area contributed by atoms with Crippen LogP contribution >= 0.6 is 11.6 Å². The van der Waals surface area contributed by atoms with Gasteiger partial charge in [0.2, 0.25) is 6.29 Å². The van der Waals surface area contributed by atoms with Crippen LogP contribution in [0.4, 0.5) is 8.78 Å². The largest absolute Gasteiger partial charge is 0.478 e. The molecular formula is C33H31ClF2N4O5. The maximum Gasteiger partial charge on any atom is 0.335 e. The van der Waals surface area contributed by atoms with Gasteiger partial charge in [0.15, 0.2) is 17.3 Å². The number of hydrogen-bond acceptors (Lipinski definition) is 7. The van der Waals surface area contributed by atoms with E-state index in [1.54, 1.807) is 12.1 Å². The number of piperazine rings is 1. The van der Waals surface area contributed by atoms with Crippen molar-refractivity contribution in [1.82, 2.24) is 19.8 Å². The molecule has 4 aliphatic rings. The summed E-state index contributed by atoms with van der Waals surface area (Å²) in [7, 11) is 0. The van der Waals surface area contributed by atoms with Gasteiger partial charge in [-0.3, -0.25) is 4.90 Å². The summed E-state index contributed by atoms with van der Waals surface area (Å²) in [6.45, 7) is 4.57. The average molecular weight is 637 g/mol. The molecule has 1 aliphatic carbocycles. The molecule has 9 nitrogen and oxygen atoms in total. The van der Waals surface area contributed by atoms with Gasteiger partial charge in [0, 0.05) is 48.8 Å². The number of hydrogen-bond donors (Lipinski definition) is 2.